The van der Waals surface area contributed by atoms with Crippen LogP contribution in [-0.2, 0) is 19.1 Å². The molecule has 6 nitrogen and oxygen atoms in total. The maximum absolute atomic E-state index is 12.2. The van der Waals surface area contributed by atoms with Gasteiger partial charge in [0.05, 0.1) is 23.5 Å². The maximum Gasteiger partial charge on any atom is 0.334 e. The molecule has 1 heterocycles. The predicted octanol–water partition coefficient (Wildman–Crippen LogP) is 1.89. The molecule has 0 saturated carbocycles. The largest absolute Gasteiger partial charge is 0.461 e. The monoisotopic (exact) mass is 352 g/mol. The number of carbonyl (C=O) groups is 2. The van der Waals surface area contributed by atoms with E-state index < -0.39 is 41.8 Å². The van der Waals surface area contributed by atoms with Crippen LogP contribution in [0.5, 0.6) is 0 Å². The van der Waals surface area contributed by atoms with Crippen molar-refractivity contribution in [3.05, 3.63) is 23.8 Å². The summed E-state index contributed by atoms with van der Waals surface area (Å²) in [5.74, 6) is -1.85. The second-order valence-electron chi connectivity index (χ2n) is 7.72. The zero-order valence-electron chi connectivity index (χ0n) is 15.3. The summed E-state index contributed by atoms with van der Waals surface area (Å²) >= 11 is 0. The van der Waals surface area contributed by atoms with E-state index in [4.69, 9.17) is 9.47 Å². The minimum absolute atomic E-state index is 0.141. The van der Waals surface area contributed by atoms with Crippen LogP contribution >= 0.6 is 0 Å². The fourth-order valence-electron chi connectivity index (χ4n) is 3.29. The molecule has 2 aliphatic rings. The molecule has 2 N–H and O–H groups in total. The summed E-state index contributed by atoms with van der Waals surface area (Å²) < 4.78 is 11.0. The highest BCUT2D eigenvalue weighted by molar-refractivity contribution is 5.91. The highest BCUT2D eigenvalue weighted by Crippen LogP contribution is 2.38. The average molecular weight is 352 g/mol. The Hall–Kier alpha value is -1.66. The summed E-state index contributed by atoms with van der Waals surface area (Å²) in [6, 6.07) is 0. The molecule has 0 amide bonds. The van der Waals surface area contributed by atoms with E-state index in [1.165, 1.54) is 0 Å². The Morgan fingerprint density at radius 3 is 2.72 bits per heavy atom. The van der Waals surface area contributed by atoms with Crippen LogP contribution in [-0.4, -0.2) is 46.1 Å². The van der Waals surface area contributed by atoms with Crippen molar-refractivity contribution in [2.45, 2.75) is 70.9 Å². The van der Waals surface area contributed by atoms with Crippen LogP contribution in [0.4, 0.5) is 0 Å². The molecule has 5 atom stereocenters. The summed E-state index contributed by atoms with van der Waals surface area (Å²) in [5, 5.41) is 21.0. The molecule has 5 unspecified atom stereocenters. The van der Waals surface area contributed by atoms with Crippen LogP contribution in [0, 0.1) is 11.8 Å². The van der Waals surface area contributed by atoms with Crippen molar-refractivity contribution in [3.8, 4) is 0 Å². The van der Waals surface area contributed by atoms with Gasteiger partial charge in [0.15, 0.2) is 0 Å². The minimum Gasteiger partial charge on any atom is -0.461 e. The number of hydrogen-bond acceptors (Lipinski definition) is 6. The van der Waals surface area contributed by atoms with E-state index in [0.717, 1.165) is 0 Å². The van der Waals surface area contributed by atoms with Crippen LogP contribution in [0.2, 0.25) is 0 Å². The zero-order chi connectivity index (χ0) is 18.9. The van der Waals surface area contributed by atoms with E-state index >= 15 is 0 Å². The van der Waals surface area contributed by atoms with Gasteiger partial charge in [0.1, 0.15) is 12.2 Å². The van der Waals surface area contributed by atoms with Gasteiger partial charge in [-0.15, -0.1) is 0 Å². The van der Waals surface area contributed by atoms with E-state index in [1.54, 1.807) is 33.8 Å². The van der Waals surface area contributed by atoms with E-state index in [-0.39, 0.29) is 17.9 Å². The highest BCUT2D eigenvalue weighted by Gasteiger charge is 2.47. The number of ether oxygens (including phenoxy) is 2. The van der Waals surface area contributed by atoms with Gasteiger partial charge in [0.2, 0.25) is 0 Å². The summed E-state index contributed by atoms with van der Waals surface area (Å²) in [4.78, 5) is 24.2. The molecule has 6 heteroatoms. The molecule has 1 aliphatic carbocycles. The topological polar surface area (TPSA) is 93.1 Å². The lowest BCUT2D eigenvalue weighted by atomic mass is 9.80. The number of fused-ring (bicyclic) bond motifs is 1. The van der Waals surface area contributed by atoms with Crippen molar-refractivity contribution >= 4 is 11.9 Å². The van der Waals surface area contributed by atoms with Gasteiger partial charge in [-0.25, -0.2) is 4.79 Å². The molecule has 0 aromatic heterocycles. The van der Waals surface area contributed by atoms with Gasteiger partial charge >= 0.3 is 11.9 Å². The molecule has 0 aromatic rings. The molecule has 1 fully saturated rings. The summed E-state index contributed by atoms with van der Waals surface area (Å²) in [6.07, 6.45) is 0.417. The van der Waals surface area contributed by atoms with E-state index in [9.17, 15) is 19.8 Å². The van der Waals surface area contributed by atoms with Crippen molar-refractivity contribution in [2.75, 3.05) is 0 Å². The minimum atomic E-state index is -1.16. The molecular formula is C19H28O6. The van der Waals surface area contributed by atoms with Gasteiger partial charge in [-0.05, 0) is 38.3 Å². The fourth-order valence-corrected chi connectivity index (χ4v) is 3.29. The molecule has 0 spiro atoms. The van der Waals surface area contributed by atoms with Gasteiger partial charge in [-0.1, -0.05) is 20.4 Å². The third kappa shape index (κ3) is 4.50. The SMILES string of the molecule is C=C1C(=O)OC2C=C(C)C(O)CCC(C)(O)CC(OC(=O)C(C)C)C12. The first-order valence-corrected chi connectivity index (χ1v) is 8.71. The lowest BCUT2D eigenvalue weighted by Gasteiger charge is -2.34. The number of aliphatic hydroxyl groups excluding tert-OH is 1. The average Bonchev–Trinajstić information content (AvgIpc) is 2.77. The molecular weight excluding hydrogens is 324 g/mol. The van der Waals surface area contributed by atoms with Gasteiger partial charge in [-0.2, -0.15) is 0 Å². The Kier molecular flexibility index (Phi) is 5.74. The van der Waals surface area contributed by atoms with Crippen LogP contribution < -0.4 is 0 Å². The lowest BCUT2D eigenvalue weighted by molar-refractivity contribution is -0.159. The summed E-state index contributed by atoms with van der Waals surface area (Å²) in [7, 11) is 0. The number of esters is 2. The van der Waals surface area contributed by atoms with Gasteiger partial charge < -0.3 is 19.7 Å². The molecule has 2 rings (SSSR count). The lowest BCUT2D eigenvalue weighted by Crippen LogP contribution is -2.41. The highest BCUT2D eigenvalue weighted by atomic mass is 16.6. The van der Waals surface area contributed by atoms with Crippen molar-refractivity contribution in [1.82, 2.24) is 0 Å². The number of rotatable bonds is 2. The van der Waals surface area contributed by atoms with E-state index in [0.29, 0.717) is 18.4 Å². The molecule has 1 saturated heterocycles. The Labute approximate surface area is 148 Å². The molecule has 0 aromatic carbocycles. The van der Waals surface area contributed by atoms with Crippen LogP contribution in [0.1, 0.15) is 47.0 Å². The van der Waals surface area contributed by atoms with Gasteiger partial charge in [0, 0.05) is 12.0 Å². The first-order chi connectivity index (χ1) is 11.5. The van der Waals surface area contributed by atoms with Crippen molar-refractivity contribution in [1.29, 1.82) is 0 Å². The number of carbonyl (C=O) groups excluding carboxylic acids is 2. The summed E-state index contributed by atoms with van der Waals surface area (Å²) in [5.41, 5.74) is -0.276. The Balaban J connectivity index is 2.43. The molecule has 0 bridgehead atoms. The Morgan fingerprint density at radius 2 is 2.12 bits per heavy atom. The quantitative estimate of drug-likeness (QED) is 0.448. The molecule has 25 heavy (non-hydrogen) atoms. The number of aliphatic hydroxyl groups is 2. The van der Waals surface area contributed by atoms with Crippen LogP contribution in [0.25, 0.3) is 0 Å². The standard InChI is InChI=1S/C19H28O6/c1-10(2)17(21)25-15-9-19(5,23)7-6-13(20)11(3)8-14-16(15)12(4)18(22)24-14/h8,10,13-16,20,23H,4,6-7,9H2,1-3,5H3. The van der Waals surface area contributed by atoms with Gasteiger partial charge in [-0.3, -0.25) is 4.79 Å². The maximum atomic E-state index is 12.2. The van der Waals surface area contributed by atoms with Crippen molar-refractivity contribution < 1.29 is 29.3 Å². The first-order valence-electron chi connectivity index (χ1n) is 8.71. The van der Waals surface area contributed by atoms with Crippen LogP contribution in [0.3, 0.4) is 0 Å². The first kappa shape index (κ1) is 19.7. The smallest absolute Gasteiger partial charge is 0.334 e. The zero-order valence-corrected chi connectivity index (χ0v) is 15.3. The fraction of sp³-hybridized carbons (Fsp3) is 0.684. The predicted molar refractivity (Wildman–Crippen MR) is 91.5 cm³/mol. The van der Waals surface area contributed by atoms with Gasteiger partial charge in [0.25, 0.3) is 0 Å². The Morgan fingerprint density at radius 1 is 1.48 bits per heavy atom. The van der Waals surface area contributed by atoms with Crippen molar-refractivity contribution in [3.63, 3.8) is 0 Å². The second-order valence-corrected chi connectivity index (χ2v) is 7.72. The van der Waals surface area contributed by atoms with E-state index in [2.05, 4.69) is 6.58 Å². The normalized spacial score (nSPS) is 36.5. The molecule has 1 aliphatic heterocycles. The Bertz CT molecular complexity index is 589. The third-order valence-corrected chi connectivity index (χ3v) is 4.95. The molecule has 140 valence electrons. The molecule has 0 radical (unpaired) electrons. The second kappa shape index (κ2) is 7.30. The van der Waals surface area contributed by atoms with E-state index in [1.807, 2.05) is 0 Å². The summed E-state index contributed by atoms with van der Waals surface area (Å²) in [6.45, 7) is 10.6. The van der Waals surface area contributed by atoms with Crippen molar-refractivity contribution in [2.24, 2.45) is 11.8 Å². The van der Waals surface area contributed by atoms with Crippen LogP contribution in [0.15, 0.2) is 23.8 Å². The third-order valence-electron chi connectivity index (χ3n) is 4.95. The number of hydrogen-bond donors (Lipinski definition) is 2.